The number of H-pyrrole nitrogens is 1. The Morgan fingerprint density at radius 2 is 1.89 bits per heavy atom. The van der Waals surface area contributed by atoms with Crippen LogP contribution in [0.3, 0.4) is 0 Å². The summed E-state index contributed by atoms with van der Waals surface area (Å²) in [6.45, 7) is 3.74. The fourth-order valence-corrected chi connectivity index (χ4v) is 4.33. The van der Waals surface area contributed by atoms with Crippen LogP contribution in [0.2, 0.25) is 0 Å². The zero-order valence-corrected chi connectivity index (χ0v) is 15.3. The maximum atomic E-state index is 13.4. The Morgan fingerprint density at radius 1 is 1.15 bits per heavy atom. The molecule has 0 saturated carbocycles. The molecule has 0 bridgehead atoms. The van der Waals surface area contributed by atoms with E-state index in [1.807, 2.05) is 0 Å². The quantitative estimate of drug-likeness (QED) is 0.577. The second kappa shape index (κ2) is 6.21. The number of hydrogen-bond acceptors (Lipinski definition) is 3. The summed E-state index contributed by atoms with van der Waals surface area (Å²) in [6, 6.07) is 12.7. The first-order chi connectivity index (χ1) is 12.9. The third kappa shape index (κ3) is 2.86. The molecule has 0 unspecified atom stereocenters. The van der Waals surface area contributed by atoms with Gasteiger partial charge in [-0.05, 0) is 42.0 Å². The van der Waals surface area contributed by atoms with E-state index in [9.17, 15) is 12.8 Å². The van der Waals surface area contributed by atoms with Gasteiger partial charge in [-0.25, -0.2) is 12.8 Å². The van der Waals surface area contributed by atoms with Crippen LogP contribution in [0.25, 0.3) is 26.9 Å². The molecule has 0 amide bonds. The van der Waals surface area contributed by atoms with Gasteiger partial charge in [-0.3, -0.25) is 4.68 Å². The first-order valence-electron chi connectivity index (χ1n) is 8.17. The van der Waals surface area contributed by atoms with Gasteiger partial charge in [0.15, 0.2) is 0 Å². The molecule has 0 atom stereocenters. The van der Waals surface area contributed by atoms with Gasteiger partial charge in [0.05, 0.1) is 15.5 Å². The molecule has 0 saturated heterocycles. The van der Waals surface area contributed by atoms with Crippen LogP contribution in [-0.4, -0.2) is 23.2 Å². The third-order valence-corrected chi connectivity index (χ3v) is 6.30. The van der Waals surface area contributed by atoms with E-state index in [4.69, 9.17) is 0 Å². The molecule has 1 N–H and O–H groups in total. The number of nitrogens with zero attached hydrogens (tertiary/aromatic N) is 2. The maximum Gasteiger partial charge on any atom is 0.208 e. The average Bonchev–Trinajstić information content (AvgIpc) is 3.26. The minimum atomic E-state index is -3.73. The van der Waals surface area contributed by atoms with E-state index in [0.29, 0.717) is 11.2 Å². The van der Waals surface area contributed by atoms with Crippen LogP contribution in [0.1, 0.15) is 5.69 Å². The molecule has 4 rings (SSSR count). The molecule has 2 aromatic heterocycles. The number of halogens is 1. The molecule has 0 aliphatic heterocycles. The minimum absolute atomic E-state index is 0.00202. The fraction of sp³-hybridized carbons (Fsp3) is 0.0500. The van der Waals surface area contributed by atoms with Crippen LogP contribution < -0.4 is 0 Å². The van der Waals surface area contributed by atoms with Gasteiger partial charge in [-0.15, -0.1) is 0 Å². The van der Waals surface area contributed by atoms with E-state index in [2.05, 4.69) is 16.7 Å². The van der Waals surface area contributed by atoms with Crippen molar-refractivity contribution in [1.29, 1.82) is 0 Å². The number of benzene rings is 2. The molecule has 27 heavy (non-hydrogen) atoms. The highest BCUT2D eigenvalue weighted by atomic mass is 32.2. The molecule has 5 nitrogen and oxygen atoms in total. The first kappa shape index (κ1) is 17.2. The highest BCUT2D eigenvalue weighted by molar-refractivity contribution is 8.00. The Balaban J connectivity index is 1.71. The number of aryl methyl sites for hydroxylation is 1. The van der Waals surface area contributed by atoms with Crippen molar-refractivity contribution in [2.45, 2.75) is 4.90 Å². The van der Waals surface area contributed by atoms with Gasteiger partial charge in [0.1, 0.15) is 5.82 Å². The van der Waals surface area contributed by atoms with E-state index in [1.54, 1.807) is 49.6 Å². The summed E-state index contributed by atoms with van der Waals surface area (Å²) in [4.78, 5) is 3.19. The molecule has 7 heteroatoms. The largest absolute Gasteiger partial charge is 0.360 e. The van der Waals surface area contributed by atoms with Gasteiger partial charge in [0, 0.05) is 35.9 Å². The Hall–Kier alpha value is -3.19. The van der Waals surface area contributed by atoms with Crippen molar-refractivity contribution >= 4 is 25.6 Å². The maximum absolute atomic E-state index is 13.4. The molecule has 2 aromatic carbocycles. The van der Waals surface area contributed by atoms with Crippen molar-refractivity contribution in [1.82, 2.24) is 14.8 Å². The Morgan fingerprint density at radius 3 is 2.56 bits per heavy atom. The predicted octanol–water partition coefficient (Wildman–Crippen LogP) is 4.15. The Bertz CT molecular complexity index is 1270. The average molecular weight is 381 g/mol. The lowest BCUT2D eigenvalue weighted by atomic mass is 10.1. The smallest absolute Gasteiger partial charge is 0.208 e. The van der Waals surface area contributed by atoms with Crippen LogP contribution in [-0.2, 0) is 16.9 Å². The minimum Gasteiger partial charge on any atom is -0.360 e. The summed E-state index contributed by atoms with van der Waals surface area (Å²) in [6.07, 6.45) is 3.31. The monoisotopic (exact) mass is 381 g/mol. The first-order valence-corrected chi connectivity index (χ1v) is 9.66. The Labute approximate surface area is 155 Å². The summed E-state index contributed by atoms with van der Waals surface area (Å²) in [7, 11) is -2.07. The van der Waals surface area contributed by atoms with E-state index in [0.717, 1.165) is 16.5 Å². The van der Waals surface area contributed by atoms with Crippen molar-refractivity contribution in [3.63, 3.8) is 0 Å². The van der Waals surface area contributed by atoms with E-state index >= 15 is 0 Å². The van der Waals surface area contributed by atoms with Crippen molar-refractivity contribution in [3.8, 4) is 11.1 Å². The number of nitrogens with one attached hydrogen (secondary N) is 1. The van der Waals surface area contributed by atoms with Gasteiger partial charge < -0.3 is 4.98 Å². The van der Waals surface area contributed by atoms with Crippen molar-refractivity contribution in [3.05, 3.63) is 79.0 Å². The highest BCUT2D eigenvalue weighted by Gasteiger charge is 2.22. The van der Waals surface area contributed by atoms with E-state index in [-0.39, 0.29) is 15.6 Å². The van der Waals surface area contributed by atoms with Crippen LogP contribution in [0, 0.1) is 5.82 Å². The molecule has 0 aliphatic carbocycles. The Kier molecular flexibility index (Phi) is 3.96. The summed E-state index contributed by atoms with van der Waals surface area (Å²) in [5.41, 5.74) is 2.83. The van der Waals surface area contributed by atoms with Crippen LogP contribution >= 0.6 is 0 Å². The molecular formula is C20H16FN3O2S. The lowest BCUT2D eigenvalue weighted by Crippen LogP contribution is -2.07. The molecule has 0 radical (unpaired) electrons. The van der Waals surface area contributed by atoms with Crippen LogP contribution in [0.5, 0.6) is 0 Å². The van der Waals surface area contributed by atoms with Gasteiger partial charge in [-0.1, -0.05) is 18.7 Å². The molecule has 136 valence electrons. The summed E-state index contributed by atoms with van der Waals surface area (Å²) in [5.74, 6) is -0.314. The van der Waals surface area contributed by atoms with E-state index in [1.165, 1.54) is 23.0 Å². The number of rotatable bonds is 4. The van der Waals surface area contributed by atoms with Crippen LogP contribution in [0.15, 0.2) is 72.4 Å². The second-order valence-electron chi connectivity index (χ2n) is 6.18. The number of fused-ring (bicyclic) bond motifs is 1. The lowest BCUT2D eigenvalue weighted by Gasteiger charge is -2.09. The molecule has 2 heterocycles. The lowest BCUT2D eigenvalue weighted by molar-refractivity contribution is 0.605. The van der Waals surface area contributed by atoms with Gasteiger partial charge in [0.2, 0.25) is 9.84 Å². The second-order valence-corrected chi connectivity index (χ2v) is 8.15. The number of aromatic amines is 1. The number of sulfone groups is 1. The highest BCUT2D eigenvalue weighted by Crippen LogP contribution is 2.31. The number of hydrogen-bond donors (Lipinski definition) is 1. The third-order valence-electron chi connectivity index (χ3n) is 4.55. The molecule has 0 aliphatic rings. The predicted molar refractivity (Wildman–Crippen MR) is 103 cm³/mol. The fourth-order valence-electron chi connectivity index (χ4n) is 3.08. The molecule has 0 fully saturated rings. The summed E-state index contributed by atoms with van der Waals surface area (Å²) < 4.78 is 40.5. The molecule has 0 spiro atoms. The molecule has 4 aromatic rings. The topological polar surface area (TPSA) is 67.8 Å². The van der Waals surface area contributed by atoms with Gasteiger partial charge >= 0.3 is 0 Å². The van der Waals surface area contributed by atoms with Gasteiger partial charge in [-0.2, -0.15) is 5.10 Å². The van der Waals surface area contributed by atoms with Crippen molar-refractivity contribution < 1.29 is 12.8 Å². The summed E-state index contributed by atoms with van der Waals surface area (Å²) >= 11 is 0. The normalized spacial score (nSPS) is 11.8. The van der Waals surface area contributed by atoms with Crippen molar-refractivity contribution in [2.24, 2.45) is 7.05 Å². The van der Waals surface area contributed by atoms with Crippen molar-refractivity contribution in [2.75, 3.05) is 0 Å². The number of aromatic nitrogens is 3. The zero-order chi connectivity index (χ0) is 19.2. The molecular weight excluding hydrogens is 365 g/mol. The zero-order valence-electron chi connectivity index (χ0n) is 14.5. The van der Waals surface area contributed by atoms with E-state index < -0.39 is 9.84 Å². The van der Waals surface area contributed by atoms with Crippen LogP contribution in [0.4, 0.5) is 4.39 Å². The summed E-state index contributed by atoms with van der Waals surface area (Å²) in [5, 5.41) is 4.86. The van der Waals surface area contributed by atoms with Gasteiger partial charge in [0.25, 0.3) is 0 Å². The standard InChI is InChI=1S/C20H16FN3O2S/c1-13(20-9-10-23-24(20)2)27(25,26)16-6-3-14(4-7-16)18-12-22-19-11-15(21)5-8-17(18)19/h3-12,22H,1H2,2H3. The SMILES string of the molecule is C=C(c1ccnn1C)S(=O)(=O)c1ccc(-c2c[nH]c3cc(F)ccc23)cc1.